The first kappa shape index (κ1) is 18.6. The Kier molecular flexibility index (Phi) is 5.51. The number of benzene rings is 2. The average molecular weight is 374 g/mol. The molecule has 1 aliphatic heterocycles. The number of piperazine rings is 1. The maximum Gasteiger partial charge on any atom is 0.407 e. The Balaban J connectivity index is 1.86. The Morgan fingerprint density at radius 1 is 1.37 bits per heavy atom. The molecule has 1 amide bonds. The quantitative estimate of drug-likeness (QED) is 0.549. The molecule has 1 unspecified atom stereocenters. The number of anilines is 1. The molecule has 1 aliphatic rings. The van der Waals surface area contributed by atoms with Gasteiger partial charge in [0.05, 0.1) is 16.5 Å². The number of para-hydroxylation sites is 1. The summed E-state index contributed by atoms with van der Waals surface area (Å²) in [4.78, 5) is 23.7. The van der Waals surface area contributed by atoms with E-state index in [-0.39, 0.29) is 24.6 Å². The zero-order chi connectivity index (χ0) is 19.4. The number of nitrogens with one attached hydrogen (secondary N) is 2. The van der Waals surface area contributed by atoms with Gasteiger partial charge in [-0.05, 0) is 23.8 Å². The molecule has 2 aromatic carbocycles. The molecule has 3 rings (SSSR count). The molecule has 142 valence electrons. The van der Waals surface area contributed by atoms with Gasteiger partial charge in [0.2, 0.25) is 0 Å². The van der Waals surface area contributed by atoms with E-state index >= 15 is 0 Å². The summed E-state index contributed by atoms with van der Waals surface area (Å²) < 4.78 is 13.3. The zero-order valence-corrected chi connectivity index (χ0v) is 14.4. The van der Waals surface area contributed by atoms with E-state index in [2.05, 4.69) is 10.6 Å². The van der Waals surface area contributed by atoms with Crippen molar-refractivity contribution in [3.63, 3.8) is 0 Å². The summed E-state index contributed by atoms with van der Waals surface area (Å²) in [5, 5.41) is 27.0. The summed E-state index contributed by atoms with van der Waals surface area (Å²) >= 11 is 0. The lowest BCUT2D eigenvalue weighted by Gasteiger charge is -2.32. The van der Waals surface area contributed by atoms with Gasteiger partial charge in [-0.2, -0.15) is 0 Å². The molecule has 0 aromatic heterocycles. The van der Waals surface area contributed by atoms with Crippen LogP contribution in [0.2, 0.25) is 0 Å². The van der Waals surface area contributed by atoms with Crippen LogP contribution in [0.4, 0.5) is 20.6 Å². The molecule has 1 atom stereocenters. The number of amides is 1. The van der Waals surface area contributed by atoms with Crippen molar-refractivity contribution in [3.05, 3.63) is 69.5 Å². The van der Waals surface area contributed by atoms with Crippen molar-refractivity contribution in [1.82, 2.24) is 10.2 Å². The number of nitro benzene ring substituents is 1. The van der Waals surface area contributed by atoms with Crippen LogP contribution in [-0.2, 0) is 6.54 Å². The highest BCUT2D eigenvalue weighted by Crippen LogP contribution is 2.34. The van der Waals surface area contributed by atoms with Crippen LogP contribution in [0.25, 0.3) is 0 Å². The number of rotatable bonds is 5. The predicted octanol–water partition coefficient (Wildman–Crippen LogP) is 2.97. The molecular weight excluding hydrogens is 355 g/mol. The van der Waals surface area contributed by atoms with Crippen LogP contribution < -0.4 is 10.6 Å². The number of nitrogens with zero attached hydrogens (tertiary/aromatic N) is 2. The molecule has 0 radical (unpaired) electrons. The number of nitro groups is 1. The highest BCUT2D eigenvalue weighted by Gasteiger charge is 2.30. The van der Waals surface area contributed by atoms with Crippen LogP contribution in [0.3, 0.4) is 0 Å². The van der Waals surface area contributed by atoms with E-state index in [0.717, 1.165) is 0 Å². The third kappa shape index (κ3) is 4.32. The summed E-state index contributed by atoms with van der Waals surface area (Å²) in [7, 11) is 0. The van der Waals surface area contributed by atoms with Gasteiger partial charge < -0.3 is 20.6 Å². The van der Waals surface area contributed by atoms with Gasteiger partial charge in [-0.15, -0.1) is 0 Å². The first-order chi connectivity index (χ1) is 13.0. The van der Waals surface area contributed by atoms with Crippen LogP contribution in [-0.4, -0.2) is 40.7 Å². The first-order valence-corrected chi connectivity index (χ1v) is 8.42. The second-order valence-electron chi connectivity index (χ2n) is 6.22. The van der Waals surface area contributed by atoms with E-state index in [1.165, 1.54) is 17.0 Å². The first-order valence-electron chi connectivity index (χ1n) is 8.42. The van der Waals surface area contributed by atoms with Crippen molar-refractivity contribution < 1.29 is 19.2 Å². The summed E-state index contributed by atoms with van der Waals surface area (Å²) in [5.41, 5.74) is 1.26. The Hall–Kier alpha value is -3.20. The maximum absolute atomic E-state index is 13.3. The fourth-order valence-electron chi connectivity index (χ4n) is 3.17. The van der Waals surface area contributed by atoms with E-state index < -0.39 is 17.1 Å². The standard InChI is InChI=1S/C18H19FN4O4/c19-13-4-1-3-12(9-13)10-21-15-6-2-5-14(17(15)23(26)27)16-11-22(18(24)25)8-7-20-16/h1-6,9,16,20-21H,7-8,10-11H2,(H,24,25). The minimum atomic E-state index is -1.05. The topological polar surface area (TPSA) is 108 Å². The maximum atomic E-state index is 13.3. The third-order valence-corrected chi connectivity index (χ3v) is 4.44. The molecule has 27 heavy (non-hydrogen) atoms. The van der Waals surface area contributed by atoms with Crippen LogP contribution >= 0.6 is 0 Å². The number of carboxylic acid groups (broad SMARTS) is 1. The Bertz CT molecular complexity index is 861. The van der Waals surface area contributed by atoms with E-state index in [4.69, 9.17) is 0 Å². The molecule has 0 spiro atoms. The van der Waals surface area contributed by atoms with Gasteiger partial charge in [0.15, 0.2) is 0 Å². The van der Waals surface area contributed by atoms with Crippen molar-refractivity contribution >= 4 is 17.5 Å². The van der Waals surface area contributed by atoms with Gasteiger partial charge in [-0.25, -0.2) is 9.18 Å². The summed E-state index contributed by atoms with van der Waals surface area (Å²) in [6, 6.07) is 10.4. The number of halogens is 1. The number of hydrogen-bond acceptors (Lipinski definition) is 5. The normalized spacial score (nSPS) is 16.8. The van der Waals surface area contributed by atoms with Gasteiger partial charge in [0.1, 0.15) is 11.5 Å². The summed E-state index contributed by atoms with van der Waals surface area (Å²) in [5.74, 6) is -0.377. The third-order valence-electron chi connectivity index (χ3n) is 4.44. The molecule has 8 nitrogen and oxygen atoms in total. The molecule has 0 bridgehead atoms. The molecule has 9 heteroatoms. The van der Waals surface area contributed by atoms with E-state index in [0.29, 0.717) is 29.9 Å². The molecule has 1 fully saturated rings. The van der Waals surface area contributed by atoms with Crippen LogP contribution in [0.15, 0.2) is 42.5 Å². The smallest absolute Gasteiger partial charge is 0.407 e. The Morgan fingerprint density at radius 2 is 2.15 bits per heavy atom. The van der Waals surface area contributed by atoms with Gasteiger partial charge >= 0.3 is 6.09 Å². The van der Waals surface area contributed by atoms with Crippen molar-refractivity contribution in [2.75, 3.05) is 25.0 Å². The van der Waals surface area contributed by atoms with Crippen molar-refractivity contribution in [2.45, 2.75) is 12.6 Å². The number of carbonyl (C=O) groups is 1. The Labute approximate surface area is 154 Å². The van der Waals surface area contributed by atoms with E-state index in [1.54, 1.807) is 30.3 Å². The molecule has 0 aliphatic carbocycles. The summed E-state index contributed by atoms with van der Waals surface area (Å²) in [6.45, 7) is 1.09. The Morgan fingerprint density at radius 3 is 2.85 bits per heavy atom. The SMILES string of the molecule is O=C(O)N1CCNC(c2cccc(NCc3cccc(F)c3)c2[N+](=O)[O-])C1. The minimum absolute atomic E-state index is 0.112. The van der Waals surface area contributed by atoms with Gasteiger partial charge in [-0.1, -0.05) is 24.3 Å². The molecule has 1 saturated heterocycles. The lowest BCUT2D eigenvalue weighted by molar-refractivity contribution is -0.384. The average Bonchev–Trinajstić information content (AvgIpc) is 2.66. The molecule has 1 heterocycles. The van der Waals surface area contributed by atoms with Gasteiger partial charge in [0, 0.05) is 26.2 Å². The monoisotopic (exact) mass is 374 g/mol. The second-order valence-corrected chi connectivity index (χ2v) is 6.22. The van der Waals surface area contributed by atoms with Crippen molar-refractivity contribution in [2.24, 2.45) is 0 Å². The number of hydrogen-bond donors (Lipinski definition) is 3. The second kappa shape index (κ2) is 8.00. The lowest BCUT2D eigenvalue weighted by atomic mass is 10.0. The molecule has 0 saturated carbocycles. The highest BCUT2D eigenvalue weighted by molar-refractivity contribution is 5.68. The molecule has 2 aromatic rings. The highest BCUT2D eigenvalue weighted by atomic mass is 19.1. The van der Waals surface area contributed by atoms with Gasteiger partial charge in [-0.3, -0.25) is 10.1 Å². The summed E-state index contributed by atoms with van der Waals surface area (Å²) in [6.07, 6.45) is -1.05. The predicted molar refractivity (Wildman–Crippen MR) is 97.2 cm³/mol. The lowest BCUT2D eigenvalue weighted by Crippen LogP contribution is -2.47. The van der Waals surface area contributed by atoms with Gasteiger partial charge in [0.25, 0.3) is 5.69 Å². The molecular formula is C18H19FN4O4. The largest absolute Gasteiger partial charge is 0.465 e. The van der Waals surface area contributed by atoms with Crippen molar-refractivity contribution in [3.8, 4) is 0 Å². The van der Waals surface area contributed by atoms with Crippen LogP contribution in [0, 0.1) is 15.9 Å². The van der Waals surface area contributed by atoms with E-state index in [9.17, 15) is 24.4 Å². The molecule has 3 N–H and O–H groups in total. The zero-order valence-electron chi connectivity index (χ0n) is 14.4. The van der Waals surface area contributed by atoms with Crippen LogP contribution in [0.5, 0.6) is 0 Å². The fraction of sp³-hybridized carbons (Fsp3) is 0.278. The fourth-order valence-corrected chi connectivity index (χ4v) is 3.17. The van der Waals surface area contributed by atoms with Crippen LogP contribution in [0.1, 0.15) is 17.2 Å². The van der Waals surface area contributed by atoms with E-state index in [1.807, 2.05) is 0 Å². The van der Waals surface area contributed by atoms with Crippen molar-refractivity contribution in [1.29, 1.82) is 0 Å². The minimum Gasteiger partial charge on any atom is -0.465 e.